The summed E-state index contributed by atoms with van der Waals surface area (Å²) in [5.74, 6) is -3.51. The van der Waals surface area contributed by atoms with Crippen molar-refractivity contribution in [2.24, 2.45) is 28.1 Å². The fraction of sp³-hybridized carbons (Fsp3) is 0.500. The van der Waals surface area contributed by atoms with E-state index in [9.17, 15) is 24.3 Å². The second-order valence-corrected chi connectivity index (χ2v) is 8.33. The molecular formula is C22H35N7O6. The number of carboxylic acids is 1. The van der Waals surface area contributed by atoms with Gasteiger partial charge in [0.25, 0.3) is 0 Å². The lowest BCUT2D eigenvalue weighted by atomic mass is 10.0. The Labute approximate surface area is 203 Å². The van der Waals surface area contributed by atoms with E-state index in [0.29, 0.717) is 18.5 Å². The Kier molecular flexibility index (Phi) is 12.0. The van der Waals surface area contributed by atoms with Gasteiger partial charge < -0.3 is 43.4 Å². The quantitative estimate of drug-likeness (QED) is 0.0823. The van der Waals surface area contributed by atoms with Crippen LogP contribution in [0.1, 0.15) is 32.3 Å². The minimum atomic E-state index is -1.22. The molecular weight excluding hydrogens is 458 g/mol. The zero-order chi connectivity index (χ0) is 26.5. The topological polar surface area (TPSA) is 235 Å². The molecule has 13 heteroatoms. The Hall–Kier alpha value is -3.87. The van der Waals surface area contributed by atoms with Gasteiger partial charge in [-0.05, 0) is 36.5 Å². The zero-order valence-electron chi connectivity index (χ0n) is 19.9. The van der Waals surface area contributed by atoms with Crippen LogP contribution in [0, 0.1) is 5.92 Å². The summed E-state index contributed by atoms with van der Waals surface area (Å²) in [5.41, 5.74) is 17.1. The Morgan fingerprint density at radius 1 is 1.00 bits per heavy atom. The van der Waals surface area contributed by atoms with Crippen LogP contribution in [0.5, 0.6) is 5.75 Å². The summed E-state index contributed by atoms with van der Waals surface area (Å²) in [7, 11) is 0. The first-order valence-electron chi connectivity index (χ1n) is 11.1. The van der Waals surface area contributed by atoms with Crippen molar-refractivity contribution >= 4 is 29.7 Å². The van der Waals surface area contributed by atoms with E-state index in [4.69, 9.17) is 22.3 Å². The molecule has 0 aliphatic rings. The highest BCUT2D eigenvalue weighted by molar-refractivity contribution is 5.94. The zero-order valence-corrected chi connectivity index (χ0v) is 19.9. The summed E-state index contributed by atoms with van der Waals surface area (Å²) >= 11 is 0. The van der Waals surface area contributed by atoms with Crippen molar-refractivity contribution in [2.75, 3.05) is 13.1 Å². The molecule has 0 heterocycles. The molecule has 3 unspecified atom stereocenters. The average molecular weight is 494 g/mol. The van der Waals surface area contributed by atoms with Crippen LogP contribution < -0.4 is 33.2 Å². The van der Waals surface area contributed by atoms with Crippen LogP contribution in [0.3, 0.4) is 0 Å². The van der Waals surface area contributed by atoms with Crippen LogP contribution >= 0.6 is 0 Å². The Morgan fingerprint density at radius 3 is 2.17 bits per heavy atom. The van der Waals surface area contributed by atoms with Crippen molar-refractivity contribution in [1.82, 2.24) is 16.0 Å². The van der Waals surface area contributed by atoms with Gasteiger partial charge in [0.15, 0.2) is 5.96 Å². The summed E-state index contributed by atoms with van der Waals surface area (Å²) in [6.45, 7) is 3.07. The number of rotatable bonds is 14. The molecule has 1 aromatic rings. The second-order valence-electron chi connectivity index (χ2n) is 8.33. The molecule has 0 saturated heterocycles. The molecule has 194 valence electrons. The van der Waals surface area contributed by atoms with Crippen LogP contribution in [0.2, 0.25) is 0 Å². The molecule has 0 bridgehead atoms. The van der Waals surface area contributed by atoms with Crippen LogP contribution in [0.4, 0.5) is 0 Å². The lowest BCUT2D eigenvalue weighted by Crippen LogP contribution is -2.57. The maximum absolute atomic E-state index is 13.1. The number of phenolic OH excluding ortho intramolecular Hbond substituents is 1. The van der Waals surface area contributed by atoms with E-state index in [-0.39, 0.29) is 30.5 Å². The first-order valence-corrected chi connectivity index (χ1v) is 11.1. The number of carboxylic acid groups (broad SMARTS) is 1. The van der Waals surface area contributed by atoms with E-state index < -0.39 is 48.4 Å². The number of phenols is 1. The van der Waals surface area contributed by atoms with Crippen LogP contribution in [-0.4, -0.2) is 71.1 Å². The molecule has 0 spiro atoms. The normalized spacial score (nSPS) is 13.3. The molecule has 0 fully saturated rings. The van der Waals surface area contributed by atoms with E-state index in [2.05, 4.69) is 20.9 Å². The van der Waals surface area contributed by atoms with Gasteiger partial charge in [-0.2, -0.15) is 0 Å². The van der Waals surface area contributed by atoms with E-state index in [0.717, 1.165) is 0 Å². The molecule has 3 amide bonds. The molecule has 0 aliphatic carbocycles. The number of aromatic hydroxyl groups is 1. The van der Waals surface area contributed by atoms with Crippen LogP contribution in [0.15, 0.2) is 29.3 Å². The third-order valence-corrected chi connectivity index (χ3v) is 4.97. The summed E-state index contributed by atoms with van der Waals surface area (Å²) < 4.78 is 0. The molecule has 1 rings (SSSR count). The van der Waals surface area contributed by atoms with E-state index >= 15 is 0 Å². The van der Waals surface area contributed by atoms with Crippen molar-refractivity contribution in [3.05, 3.63) is 29.8 Å². The fourth-order valence-corrected chi connectivity index (χ4v) is 3.07. The number of aliphatic imine (C=N–C) groups is 1. The number of hydrogen-bond donors (Lipinski definition) is 8. The number of nitrogens with two attached hydrogens (primary N) is 3. The maximum Gasteiger partial charge on any atom is 0.322 e. The number of carbonyl (C=O) groups is 4. The fourth-order valence-electron chi connectivity index (χ4n) is 3.07. The number of nitrogens with zero attached hydrogens (tertiary/aromatic N) is 1. The molecule has 35 heavy (non-hydrogen) atoms. The lowest BCUT2D eigenvalue weighted by molar-refractivity contribution is -0.139. The van der Waals surface area contributed by atoms with Gasteiger partial charge in [0.2, 0.25) is 17.7 Å². The molecule has 1 aromatic carbocycles. The predicted octanol–water partition coefficient (Wildman–Crippen LogP) is -1.86. The molecule has 11 N–H and O–H groups in total. The highest BCUT2D eigenvalue weighted by Crippen LogP contribution is 2.12. The maximum atomic E-state index is 13.1. The first kappa shape index (κ1) is 29.2. The molecule has 0 aromatic heterocycles. The van der Waals surface area contributed by atoms with Gasteiger partial charge in [0.1, 0.15) is 24.4 Å². The van der Waals surface area contributed by atoms with Crippen molar-refractivity contribution in [3.63, 3.8) is 0 Å². The van der Waals surface area contributed by atoms with Gasteiger partial charge in [-0.15, -0.1) is 0 Å². The van der Waals surface area contributed by atoms with E-state index in [1.807, 2.05) is 0 Å². The summed E-state index contributed by atoms with van der Waals surface area (Å²) in [4.78, 5) is 52.8. The Morgan fingerprint density at radius 2 is 1.63 bits per heavy atom. The summed E-state index contributed by atoms with van der Waals surface area (Å²) in [6.07, 6.45) is 0.767. The number of aliphatic carboxylic acids is 1. The van der Waals surface area contributed by atoms with E-state index in [1.165, 1.54) is 12.1 Å². The number of amides is 3. The number of nitrogens with one attached hydrogen (secondary N) is 3. The summed E-state index contributed by atoms with van der Waals surface area (Å²) in [6, 6.07) is 3.01. The highest BCUT2D eigenvalue weighted by atomic mass is 16.4. The molecule has 13 nitrogen and oxygen atoms in total. The Balaban J connectivity index is 2.96. The van der Waals surface area contributed by atoms with Gasteiger partial charge in [0.05, 0.1) is 6.04 Å². The molecule has 0 saturated carbocycles. The Bertz CT molecular complexity index is 900. The van der Waals surface area contributed by atoms with E-state index in [1.54, 1.807) is 26.0 Å². The van der Waals surface area contributed by atoms with Crippen LogP contribution in [-0.2, 0) is 25.6 Å². The van der Waals surface area contributed by atoms with Gasteiger partial charge in [0, 0.05) is 13.0 Å². The predicted molar refractivity (Wildman–Crippen MR) is 129 cm³/mol. The summed E-state index contributed by atoms with van der Waals surface area (Å²) in [5, 5.41) is 25.7. The van der Waals surface area contributed by atoms with Gasteiger partial charge in [-0.3, -0.25) is 24.2 Å². The minimum absolute atomic E-state index is 0.0385. The SMILES string of the molecule is CC(C)C(NC(=O)C(Cc1ccc(O)cc1)NC(=O)C(N)CCCN=C(N)N)C(=O)NCC(=O)O. The monoisotopic (exact) mass is 493 g/mol. The van der Waals surface area contributed by atoms with Gasteiger partial charge in [-0.25, -0.2) is 0 Å². The number of hydrogen-bond acceptors (Lipinski definition) is 7. The first-order chi connectivity index (χ1) is 16.4. The number of carbonyl (C=O) groups excluding carboxylic acids is 3. The van der Waals surface area contributed by atoms with Crippen LogP contribution in [0.25, 0.3) is 0 Å². The van der Waals surface area contributed by atoms with Gasteiger partial charge in [-0.1, -0.05) is 26.0 Å². The minimum Gasteiger partial charge on any atom is -0.508 e. The molecule has 3 atom stereocenters. The average Bonchev–Trinajstić information content (AvgIpc) is 2.78. The number of guanidine groups is 1. The van der Waals surface area contributed by atoms with Crippen molar-refractivity contribution in [1.29, 1.82) is 0 Å². The van der Waals surface area contributed by atoms with Crippen molar-refractivity contribution in [2.45, 2.75) is 51.2 Å². The second kappa shape index (κ2) is 14.4. The molecule has 0 aliphatic heterocycles. The van der Waals surface area contributed by atoms with Crippen molar-refractivity contribution in [3.8, 4) is 5.75 Å². The van der Waals surface area contributed by atoms with Gasteiger partial charge >= 0.3 is 5.97 Å². The standard InChI is InChI=1S/C22H35N7O6/c1-12(2)18(21(35)27-11-17(31)32)29-20(34)16(10-13-5-7-14(30)8-6-13)28-19(33)15(23)4-3-9-26-22(24)25/h5-8,12,15-16,18,30H,3-4,9-11,23H2,1-2H3,(H,27,35)(H,28,33)(H,29,34)(H,31,32)(H4,24,25,26). The number of benzene rings is 1. The van der Waals surface area contributed by atoms with Crippen molar-refractivity contribution < 1.29 is 29.4 Å². The smallest absolute Gasteiger partial charge is 0.322 e. The third kappa shape index (κ3) is 11.2. The highest BCUT2D eigenvalue weighted by Gasteiger charge is 2.30. The lowest BCUT2D eigenvalue weighted by Gasteiger charge is -2.26. The largest absolute Gasteiger partial charge is 0.508 e. The molecule has 0 radical (unpaired) electrons. The third-order valence-electron chi connectivity index (χ3n) is 4.97.